The van der Waals surface area contributed by atoms with Crippen LogP contribution in [0.4, 0.5) is 0 Å². The number of nitrogens with one attached hydrogen (secondary N) is 1. The second-order valence-electron chi connectivity index (χ2n) is 8.15. The SMILES string of the molecule is O=C(Cn1cccc1)N[C@@H]1C2CN3CCN(C2)CC1(c1ccccc1)C3. The number of benzene rings is 1. The molecule has 4 aliphatic rings. The Balaban J connectivity index is 1.47. The van der Waals surface area contributed by atoms with Gasteiger partial charge in [-0.05, 0) is 17.7 Å². The summed E-state index contributed by atoms with van der Waals surface area (Å²) in [5.41, 5.74) is 1.36. The number of rotatable bonds is 4. The molecule has 1 aromatic carbocycles. The number of amides is 1. The monoisotopic (exact) mass is 350 g/mol. The number of piperidine rings is 2. The van der Waals surface area contributed by atoms with E-state index in [1.54, 1.807) is 0 Å². The molecule has 136 valence electrons. The molecule has 26 heavy (non-hydrogen) atoms. The fraction of sp³-hybridized carbons (Fsp3) is 0.476. The highest BCUT2D eigenvalue weighted by molar-refractivity contribution is 5.76. The average molecular weight is 350 g/mol. The summed E-state index contributed by atoms with van der Waals surface area (Å²) in [5.74, 6) is 0.617. The van der Waals surface area contributed by atoms with Crippen LogP contribution in [0, 0.1) is 5.92 Å². The smallest absolute Gasteiger partial charge is 0.240 e. The van der Waals surface area contributed by atoms with Gasteiger partial charge in [0.05, 0.1) is 0 Å². The van der Waals surface area contributed by atoms with Gasteiger partial charge in [-0.2, -0.15) is 0 Å². The number of carbonyl (C=O) groups is 1. The Labute approximate surface area is 154 Å². The maximum atomic E-state index is 12.8. The first kappa shape index (κ1) is 16.1. The van der Waals surface area contributed by atoms with E-state index in [0.29, 0.717) is 12.5 Å². The third kappa shape index (κ3) is 2.66. The Morgan fingerprint density at radius 2 is 1.65 bits per heavy atom. The van der Waals surface area contributed by atoms with Crippen molar-refractivity contribution in [2.45, 2.75) is 18.0 Å². The van der Waals surface area contributed by atoms with Gasteiger partial charge < -0.3 is 19.7 Å². The first-order valence-electron chi connectivity index (χ1n) is 9.63. The molecule has 0 aliphatic carbocycles. The van der Waals surface area contributed by atoms with Crippen molar-refractivity contribution >= 4 is 5.91 Å². The van der Waals surface area contributed by atoms with Gasteiger partial charge in [-0.1, -0.05) is 30.3 Å². The van der Waals surface area contributed by atoms with Crippen LogP contribution < -0.4 is 5.32 Å². The highest BCUT2D eigenvalue weighted by Crippen LogP contribution is 2.43. The summed E-state index contributed by atoms with van der Waals surface area (Å²) in [5, 5.41) is 3.45. The molecule has 0 spiro atoms. The summed E-state index contributed by atoms with van der Waals surface area (Å²) in [6, 6.07) is 15.0. The van der Waals surface area contributed by atoms with Crippen LogP contribution in [-0.2, 0) is 16.8 Å². The van der Waals surface area contributed by atoms with Crippen molar-refractivity contribution in [3.8, 4) is 0 Å². The Kier molecular flexibility index (Phi) is 3.87. The number of aromatic nitrogens is 1. The Morgan fingerprint density at radius 1 is 1.00 bits per heavy atom. The number of hydrogen-bond acceptors (Lipinski definition) is 3. The Bertz CT molecular complexity index is 757. The van der Waals surface area contributed by atoms with Crippen molar-refractivity contribution in [3.05, 3.63) is 60.4 Å². The molecular weight excluding hydrogens is 324 g/mol. The summed E-state index contributed by atoms with van der Waals surface area (Å²) in [6.45, 7) is 6.97. The first-order chi connectivity index (χ1) is 12.7. The lowest BCUT2D eigenvalue weighted by molar-refractivity contribution is -0.125. The van der Waals surface area contributed by atoms with Crippen LogP contribution in [0.5, 0.6) is 0 Å². The molecule has 1 aromatic heterocycles. The van der Waals surface area contributed by atoms with E-state index >= 15 is 0 Å². The van der Waals surface area contributed by atoms with Gasteiger partial charge in [-0.15, -0.1) is 0 Å². The lowest BCUT2D eigenvalue weighted by Crippen LogP contribution is -2.70. The Hall–Kier alpha value is -2.11. The largest absolute Gasteiger partial charge is 0.350 e. The van der Waals surface area contributed by atoms with E-state index in [9.17, 15) is 4.79 Å². The number of hydrogen-bond donors (Lipinski definition) is 1. The molecule has 5 nitrogen and oxygen atoms in total. The van der Waals surface area contributed by atoms with Crippen LogP contribution in [0.1, 0.15) is 5.56 Å². The lowest BCUT2D eigenvalue weighted by Gasteiger charge is -2.55. The zero-order chi connectivity index (χ0) is 17.6. The summed E-state index contributed by atoms with van der Waals surface area (Å²) in [4.78, 5) is 18.0. The van der Waals surface area contributed by atoms with Gasteiger partial charge in [0, 0.05) is 69.0 Å². The third-order valence-corrected chi connectivity index (χ3v) is 6.45. The molecule has 3 atom stereocenters. The molecule has 5 heterocycles. The van der Waals surface area contributed by atoms with E-state index in [4.69, 9.17) is 0 Å². The predicted molar refractivity (Wildman–Crippen MR) is 101 cm³/mol. The van der Waals surface area contributed by atoms with Gasteiger partial charge in [0.2, 0.25) is 5.91 Å². The molecule has 6 rings (SSSR count). The van der Waals surface area contributed by atoms with Crippen LogP contribution in [0.15, 0.2) is 54.9 Å². The summed E-state index contributed by atoms with van der Waals surface area (Å²) in [7, 11) is 0. The molecule has 2 aromatic rings. The molecule has 1 amide bonds. The topological polar surface area (TPSA) is 40.5 Å². The van der Waals surface area contributed by atoms with E-state index < -0.39 is 0 Å². The van der Waals surface area contributed by atoms with Crippen molar-refractivity contribution in [3.63, 3.8) is 0 Å². The standard InChI is InChI=1S/C21H26N4O/c26-19(14-23-8-4-5-9-23)22-20-17-12-24-10-11-25(13-17)16-21(20,15-24)18-6-2-1-3-7-18/h1-9,17,20H,10-16H2,(H,22,26)/t17?,20-,21?/m1/s1. The highest BCUT2D eigenvalue weighted by Gasteiger charge is 2.55. The van der Waals surface area contributed by atoms with Crippen molar-refractivity contribution < 1.29 is 4.79 Å². The summed E-state index contributed by atoms with van der Waals surface area (Å²) < 4.78 is 1.94. The zero-order valence-electron chi connectivity index (χ0n) is 15.1. The average Bonchev–Trinajstić information content (AvgIpc) is 3.02. The molecule has 0 saturated carbocycles. The van der Waals surface area contributed by atoms with Crippen LogP contribution in [0.2, 0.25) is 0 Å². The molecule has 0 radical (unpaired) electrons. The van der Waals surface area contributed by atoms with Crippen molar-refractivity contribution in [2.24, 2.45) is 5.92 Å². The van der Waals surface area contributed by atoms with Crippen LogP contribution in [0.3, 0.4) is 0 Å². The molecule has 5 heteroatoms. The second-order valence-corrected chi connectivity index (χ2v) is 8.15. The summed E-state index contributed by atoms with van der Waals surface area (Å²) in [6.07, 6.45) is 3.90. The Morgan fingerprint density at radius 3 is 2.31 bits per heavy atom. The minimum Gasteiger partial charge on any atom is -0.350 e. The molecule has 4 saturated heterocycles. The van der Waals surface area contributed by atoms with Gasteiger partial charge in [-0.25, -0.2) is 0 Å². The minimum atomic E-state index is -0.00866. The second kappa shape index (κ2) is 6.25. The normalized spacial score (nSPS) is 35.2. The van der Waals surface area contributed by atoms with Crippen LogP contribution >= 0.6 is 0 Å². The molecule has 2 unspecified atom stereocenters. The van der Waals surface area contributed by atoms with Crippen molar-refractivity contribution in [2.75, 3.05) is 39.3 Å². The van der Waals surface area contributed by atoms with Crippen LogP contribution in [0.25, 0.3) is 0 Å². The number of nitrogens with zero attached hydrogens (tertiary/aromatic N) is 3. The zero-order valence-corrected chi connectivity index (χ0v) is 15.1. The maximum absolute atomic E-state index is 12.8. The fourth-order valence-electron chi connectivity index (χ4n) is 5.43. The highest BCUT2D eigenvalue weighted by atomic mass is 16.2. The van der Waals surface area contributed by atoms with E-state index in [1.165, 1.54) is 5.56 Å². The molecule has 4 bridgehead atoms. The van der Waals surface area contributed by atoms with Gasteiger partial charge >= 0.3 is 0 Å². The molecule has 4 aliphatic heterocycles. The van der Waals surface area contributed by atoms with Crippen molar-refractivity contribution in [1.29, 1.82) is 0 Å². The minimum absolute atomic E-state index is 0.00866. The molecule has 4 fully saturated rings. The number of fused-ring (bicyclic) bond motifs is 1. The summed E-state index contributed by atoms with van der Waals surface area (Å²) >= 11 is 0. The van der Waals surface area contributed by atoms with E-state index in [0.717, 1.165) is 39.3 Å². The predicted octanol–water partition coefficient (Wildman–Crippen LogP) is 1.17. The van der Waals surface area contributed by atoms with Gasteiger partial charge in [0.15, 0.2) is 0 Å². The molecular formula is C21H26N4O. The number of carbonyl (C=O) groups excluding carboxylic acids is 1. The van der Waals surface area contributed by atoms with Crippen molar-refractivity contribution in [1.82, 2.24) is 19.7 Å². The van der Waals surface area contributed by atoms with E-state index in [1.807, 2.05) is 29.1 Å². The maximum Gasteiger partial charge on any atom is 0.240 e. The van der Waals surface area contributed by atoms with Gasteiger partial charge in [0.25, 0.3) is 0 Å². The molecule has 1 N–H and O–H groups in total. The van der Waals surface area contributed by atoms with E-state index in [2.05, 4.69) is 45.4 Å². The quantitative estimate of drug-likeness (QED) is 0.900. The van der Waals surface area contributed by atoms with E-state index in [-0.39, 0.29) is 17.4 Å². The first-order valence-corrected chi connectivity index (χ1v) is 9.63. The third-order valence-electron chi connectivity index (χ3n) is 6.45. The fourth-order valence-corrected chi connectivity index (χ4v) is 5.43. The van der Waals surface area contributed by atoms with Crippen LogP contribution in [-0.4, -0.2) is 65.6 Å². The van der Waals surface area contributed by atoms with Gasteiger partial charge in [-0.3, -0.25) is 4.79 Å². The van der Waals surface area contributed by atoms with Gasteiger partial charge in [0.1, 0.15) is 6.54 Å². The lowest BCUT2D eigenvalue weighted by atomic mass is 9.64.